The first-order valence-electron chi connectivity index (χ1n) is 10.1. The van der Waals surface area contributed by atoms with Crippen LogP contribution in [0.15, 0.2) is 48.5 Å². The number of likely N-dealkylation sites (tertiary alicyclic amines) is 1. The van der Waals surface area contributed by atoms with Crippen LogP contribution in [0, 0.1) is 0 Å². The summed E-state index contributed by atoms with van der Waals surface area (Å²) in [6.45, 7) is 1.12. The highest BCUT2D eigenvalue weighted by atomic mass is 35.5. The zero-order valence-corrected chi connectivity index (χ0v) is 17.4. The van der Waals surface area contributed by atoms with Crippen molar-refractivity contribution < 1.29 is 9.59 Å². The summed E-state index contributed by atoms with van der Waals surface area (Å²) in [5.74, 6) is -0.0118. The van der Waals surface area contributed by atoms with Crippen LogP contribution in [0.4, 0.5) is 4.79 Å². The van der Waals surface area contributed by atoms with E-state index in [1.54, 1.807) is 16.8 Å². The summed E-state index contributed by atoms with van der Waals surface area (Å²) in [5, 5.41) is 3.83. The molecule has 3 amide bonds. The number of nitrogens with zero attached hydrogens (tertiary/aromatic N) is 2. The fourth-order valence-electron chi connectivity index (χ4n) is 4.38. The molecule has 0 bridgehead atoms. The van der Waals surface area contributed by atoms with Crippen LogP contribution >= 0.6 is 11.6 Å². The Bertz CT molecular complexity index is 874. The van der Waals surface area contributed by atoms with Crippen LogP contribution in [0.25, 0.3) is 0 Å². The van der Waals surface area contributed by atoms with Crippen LogP contribution in [0.1, 0.15) is 29.5 Å². The summed E-state index contributed by atoms with van der Waals surface area (Å²) in [6.07, 6.45) is 3.27. The first kappa shape index (κ1) is 19.8. The normalized spacial score (nSPS) is 18.6. The van der Waals surface area contributed by atoms with Gasteiger partial charge in [-0.25, -0.2) is 4.79 Å². The fraction of sp³-hybridized carbons (Fsp3) is 0.391. The third-order valence-corrected chi connectivity index (χ3v) is 6.14. The van der Waals surface area contributed by atoms with E-state index in [4.69, 9.17) is 11.6 Å². The summed E-state index contributed by atoms with van der Waals surface area (Å²) >= 11 is 5.94. The Morgan fingerprint density at radius 1 is 1.10 bits per heavy atom. The lowest BCUT2D eigenvalue weighted by molar-refractivity contribution is -0.134. The van der Waals surface area contributed by atoms with Gasteiger partial charge in [-0.15, -0.1) is 0 Å². The molecule has 1 aliphatic carbocycles. The molecule has 4 rings (SSSR count). The molecule has 6 heteroatoms. The Hall–Kier alpha value is -2.53. The molecule has 152 valence electrons. The van der Waals surface area contributed by atoms with E-state index < -0.39 is 6.04 Å². The molecular formula is C23H26ClN3O2. The second-order valence-corrected chi connectivity index (χ2v) is 8.43. The SMILES string of the molecule is CN(Cc1ccc(Cl)cc1)C(=O)C1CCCN1C(=O)NC1Cc2ccccc2C1. The smallest absolute Gasteiger partial charge is 0.318 e. The highest BCUT2D eigenvalue weighted by Gasteiger charge is 2.36. The van der Waals surface area contributed by atoms with E-state index in [0.29, 0.717) is 24.5 Å². The number of hydrogen-bond donors (Lipinski definition) is 1. The van der Waals surface area contributed by atoms with Crippen LogP contribution in [0.3, 0.4) is 0 Å². The number of fused-ring (bicyclic) bond motifs is 1. The van der Waals surface area contributed by atoms with Crippen molar-refractivity contribution in [1.82, 2.24) is 15.1 Å². The average Bonchev–Trinajstić information content (AvgIpc) is 3.35. The Labute approximate surface area is 176 Å². The molecule has 5 nitrogen and oxygen atoms in total. The number of urea groups is 1. The summed E-state index contributed by atoms with van der Waals surface area (Å²) in [7, 11) is 1.79. The molecule has 0 spiro atoms. The number of likely N-dealkylation sites (N-methyl/N-ethyl adjacent to an activating group) is 1. The third kappa shape index (κ3) is 4.40. The first-order chi connectivity index (χ1) is 14.0. The predicted octanol–water partition coefficient (Wildman–Crippen LogP) is 3.64. The van der Waals surface area contributed by atoms with Crippen molar-refractivity contribution in [3.8, 4) is 0 Å². The van der Waals surface area contributed by atoms with Crippen molar-refractivity contribution in [2.45, 2.75) is 44.3 Å². The molecule has 1 N–H and O–H groups in total. The van der Waals surface area contributed by atoms with Gasteiger partial charge in [-0.05, 0) is 54.5 Å². The van der Waals surface area contributed by atoms with E-state index in [-0.39, 0.29) is 18.0 Å². The molecular weight excluding hydrogens is 386 g/mol. The van der Waals surface area contributed by atoms with Gasteiger partial charge < -0.3 is 15.1 Å². The quantitative estimate of drug-likeness (QED) is 0.835. The molecule has 1 saturated heterocycles. The molecule has 1 aliphatic heterocycles. The minimum atomic E-state index is -0.393. The zero-order valence-electron chi connectivity index (χ0n) is 16.6. The van der Waals surface area contributed by atoms with Crippen LogP contribution < -0.4 is 5.32 Å². The van der Waals surface area contributed by atoms with Crippen molar-refractivity contribution >= 4 is 23.5 Å². The zero-order chi connectivity index (χ0) is 20.4. The summed E-state index contributed by atoms with van der Waals surface area (Å²) in [4.78, 5) is 29.4. The average molecular weight is 412 g/mol. The van der Waals surface area contributed by atoms with Crippen molar-refractivity contribution in [2.24, 2.45) is 0 Å². The molecule has 29 heavy (non-hydrogen) atoms. The van der Waals surface area contributed by atoms with Gasteiger partial charge in [0.2, 0.25) is 5.91 Å². The Kier molecular flexibility index (Phi) is 5.76. The van der Waals surface area contributed by atoms with Crippen LogP contribution in [0.2, 0.25) is 5.02 Å². The number of amides is 3. The van der Waals surface area contributed by atoms with Gasteiger partial charge >= 0.3 is 6.03 Å². The second kappa shape index (κ2) is 8.46. The number of benzene rings is 2. The highest BCUT2D eigenvalue weighted by molar-refractivity contribution is 6.30. The number of carbonyl (C=O) groups excluding carboxylic acids is 2. The standard InChI is InChI=1S/C23H26ClN3O2/c1-26(15-16-8-10-19(24)11-9-16)22(28)21-7-4-12-27(21)23(29)25-20-13-17-5-2-3-6-18(17)14-20/h2-3,5-6,8-11,20-21H,4,7,12-15H2,1H3,(H,25,29). The maximum absolute atomic E-state index is 13.0. The van der Waals surface area contributed by atoms with Gasteiger partial charge in [-0.1, -0.05) is 48.0 Å². The van der Waals surface area contributed by atoms with Gasteiger partial charge in [0.1, 0.15) is 6.04 Å². The fourth-order valence-corrected chi connectivity index (χ4v) is 4.51. The molecule has 1 heterocycles. The lowest BCUT2D eigenvalue weighted by atomic mass is 10.1. The first-order valence-corrected chi connectivity index (χ1v) is 10.5. The van der Waals surface area contributed by atoms with Gasteiger partial charge in [-0.3, -0.25) is 4.79 Å². The monoisotopic (exact) mass is 411 g/mol. The van der Waals surface area contributed by atoms with E-state index in [0.717, 1.165) is 24.8 Å². The lowest BCUT2D eigenvalue weighted by Crippen LogP contribution is -2.52. The largest absolute Gasteiger partial charge is 0.340 e. The summed E-state index contributed by atoms with van der Waals surface area (Å²) in [6, 6.07) is 15.4. The van der Waals surface area contributed by atoms with Gasteiger partial charge in [-0.2, -0.15) is 0 Å². The van der Waals surface area contributed by atoms with E-state index in [9.17, 15) is 9.59 Å². The van der Waals surface area contributed by atoms with Crippen molar-refractivity contribution in [3.05, 3.63) is 70.2 Å². The molecule has 0 saturated carbocycles. The maximum Gasteiger partial charge on any atom is 0.318 e. The predicted molar refractivity (Wildman–Crippen MR) is 114 cm³/mol. The maximum atomic E-state index is 13.0. The van der Waals surface area contributed by atoms with E-state index in [1.165, 1.54) is 11.1 Å². The molecule has 0 aromatic heterocycles. The summed E-state index contributed by atoms with van der Waals surface area (Å²) < 4.78 is 0. The van der Waals surface area contributed by atoms with Gasteiger partial charge in [0.25, 0.3) is 0 Å². The molecule has 0 radical (unpaired) electrons. The Morgan fingerprint density at radius 2 is 1.76 bits per heavy atom. The number of halogens is 1. The van der Waals surface area contributed by atoms with Gasteiger partial charge in [0, 0.05) is 31.2 Å². The second-order valence-electron chi connectivity index (χ2n) is 8.00. The topological polar surface area (TPSA) is 52.7 Å². The van der Waals surface area contributed by atoms with E-state index in [1.807, 2.05) is 36.4 Å². The number of nitrogens with one attached hydrogen (secondary N) is 1. The van der Waals surface area contributed by atoms with Gasteiger partial charge in [0.05, 0.1) is 0 Å². The number of rotatable bonds is 4. The van der Waals surface area contributed by atoms with Crippen LogP contribution in [0.5, 0.6) is 0 Å². The number of hydrogen-bond acceptors (Lipinski definition) is 2. The van der Waals surface area contributed by atoms with Crippen LogP contribution in [-0.4, -0.2) is 47.4 Å². The Balaban J connectivity index is 1.36. The molecule has 2 aliphatic rings. The number of carbonyl (C=O) groups is 2. The van der Waals surface area contributed by atoms with E-state index in [2.05, 4.69) is 17.4 Å². The van der Waals surface area contributed by atoms with Crippen molar-refractivity contribution in [2.75, 3.05) is 13.6 Å². The van der Waals surface area contributed by atoms with Crippen LogP contribution in [-0.2, 0) is 24.2 Å². The third-order valence-electron chi connectivity index (χ3n) is 5.89. The molecule has 2 aromatic carbocycles. The molecule has 1 unspecified atom stereocenters. The minimum Gasteiger partial charge on any atom is -0.340 e. The molecule has 1 fully saturated rings. The van der Waals surface area contributed by atoms with Gasteiger partial charge in [0.15, 0.2) is 0 Å². The lowest BCUT2D eigenvalue weighted by Gasteiger charge is -2.29. The van der Waals surface area contributed by atoms with Crippen molar-refractivity contribution in [3.63, 3.8) is 0 Å². The molecule has 1 atom stereocenters. The van der Waals surface area contributed by atoms with Crippen molar-refractivity contribution in [1.29, 1.82) is 0 Å². The summed E-state index contributed by atoms with van der Waals surface area (Å²) in [5.41, 5.74) is 3.62. The highest BCUT2D eigenvalue weighted by Crippen LogP contribution is 2.24. The molecule has 2 aromatic rings. The minimum absolute atomic E-state index is 0.0118. The Morgan fingerprint density at radius 3 is 2.41 bits per heavy atom. The van der Waals surface area contributed by atoms with E-state index >= 15 is 0 Å².